The topological polar surface area (TPSA) is 3.88 Å². The van der Waals surface area contributed by atoms with Crippen LogP contribution < -0.4 is 2.78 Å². The van der Waals surface area contributed by atoms with Gasteiger partial charge in [-0.15, -0.1) is 2.78 Å². The van der Waals surface area contributed by atoms with Gasteiger partial charge in [-0.2, -0.15) is 0 Å². The van der Waals surface area contributed by atoms with E-state index in [0.29, 0.717) is 0 Å². The van der Waals surface area contributed by atoms with Crippen LogP contribution in [0, 0.1) is 20.8 Å². The molecule has 0 saturated carbocycles. The second kappa shape index (κ2) is 6.51. The molecule has 0 saturated heterocycles. The highest BCUT2D eigenvalue weighted by Gasteiger charge is 2.21. The molecule has 0 aliphatic rings. The molecule has 0 aliphatic carbocycles. The lowest BCUT2D eigenvalue weighted by Gasteiger charge is -2.12. The van der Waals surface area contributed by atoms with E-state index in [9.17, 15) is 0 Å². The van der Waals surface area contributed by atoms with Gasteiger partial charge in [-0.25, -0.2) is 0 Å². The summed E-state index contributed by atoms with van der Waals surface area (Å²) in [7, 11) is 0. The molecule has 0 amide bonds. The maximum absolute atomic E-state index is 4.07. The molecular formula is C24H21IN+. The van der Waals surface area contributed by atoms with Crippen LogP contribution in [0.15, 0.2) is 61.3 Å². The molecular weight excluding hydrogens is 429 g/mol. The van der Waals surface area contributed by atoms with Crippen LogP contribution in [0.3, 0.4) is 0 Å². The molecule has 1 heterocycles. The first kappa shape index (κ1) is 17.2. The van der Waals surface area contributed by atoms with E-state index in [-0.39, 0.29) is 0 Å². The lowest BCUT2D eigenvalue weighted by Crippen LogP contribution is -2.22. The van der Waals surface area contributed by atoms with Crippen LogP contribution in [-0.2, 0) is 0 Å². The molecule has 4 aromatic rings. The van der Waals surface area contributed by atoms with E-state index in [2.05, 4.69) is 108 Å². The smallest absolute Gasteiger partial charge is 0.136 e. The van der Waals surface area contributed by atoms with Crippen molar-refractivity contribution in [3.05, 3.63) is 83.6 Å². The molecule has 1 aromatic heterocycles. The number of aryl methyl sites for hydroxylation is 3. The SMILES string of the molecule is C=Cc1c(C)cc(C)cc1-c1c2ccc3cc(C)ccc3c2cc[n+]1I. The number of fused-ring (bicyclic) bond motifs is 3. The van der Waals surface area contributed by atoms with Crippen molar-refractivity contribution in [3.8, 4) is 11.3 Å². The molecule has 2 heteroatoms. The van der Waals surface area contributed by atoms with Crippen LogP contribution in [-0.4, -0.2) is 0 Å². The maximum atomic E-state index is 4.07. The molecule has 1 nitrogen and oxygen atoms in total. The Morgan fingerprint density at radius 3 is 2.38 bits per heavy atom. The van der Waals surface area contributed by atoms with Gasteiger partial charge in [0, 0.05) is 11.5 Å². The van der Waals surface area contributed by atoms with Gasteiger partial charge in [-0.3, -0.25) is 0 Å². The van der Waals surface area contributed by atoms with E-state index >= 15 is 0 Å². The number of benzene rings is 3. The Balaban J connectivity index is 2.16. The van der Waals surface area contributed by atoms with Crippen LogP contribution in [0.1, 0.15) is 22.3 Å². The van der Waals surface area contributed by atoms with Gasteiger partial charge in [-0.05, 0) is 60.4 Å². The lowest BCUT2D eigenvalue weighted by atomic mass is 9.92. The highest BCUT2D eigenvalue weighted by molar-refractivity contribution is 14.1. The molecule has 0 unspecified atom stereocenters. The standard InChI is InChI=1S/C24H21IN/c1-5-19-17(4)12-16(3)14-23(19)24-22-9-7-18-13-15(2)6-8-20(18)21(22)10-11-26(24)25/h5-14H,1H2,2-4H3/q+1. The summed E-state index contributed by atoms with van der Waals surface area (Å²) in [5.41, 5.74) is 7.50. The summed E-state index contributed by atoms with van der Waals surface area (Å²) in [6, 6.07) is 17.9. The Hall–Kier alpha value is -2.20. The largest absolute Gasteiger partial charge is 0.354 e. The zero-order chi connectivity index (χ0) is 18.4. The molecule has 0 fully saturated rings. The van der Waals surface area contributed by atoms with E-state index in [0.717, 1.165) is 0 Å². The lowest BCUT2D eigenvalue weighted by molar-refractivity contribution is -0.425. The van der Waals surface area contributed by atoms with Crippen molar-refractivity contribution < 1.29 is 2.78 Å². The molecule has 3 aromatic carbocycles. The van der Waals surface area contributed by atoms with Gasteiger partial charge in [0.2, 0.25) is 5.69 Å². The summed E-state index contributed by atoms with van der Waals surface area (Å²) in [5.74, 6) is 0. The molecule has 0 radical (unpaired) electrons. The van der Waals surface area contributed by atoms with Crippen LogP contribution in [0.2, 0.25) is 0 Å². The monoisotopic (exact) mass is 450 g/mol. The van der Waals surface area contributed by atoms with Gasteiger partial charge in [-0.1, -0.05) is 48.6 Å². The van der Waals surface area contributed by atoms with Gasteiger partial charge in [0.05, 0.1) is 10.9 Å². The van der Waals surface area contributed by atoms with Crippen LogP contribution in [0.5, 0.6) is 0 Å². The summed E-state index contributed by atoms with van der Waals surface area (Å²) in [4.78, 5) is 0. The molecule has 0 aliphatic heterocycles. The minimum absolute atomic E-state index is 1.21. The number of hydrogen-bond acceptors (Lipinski definition) is 0. The van der Waals surface area contributed by atoms with Crippen molar-refractivity contribution in [1.82, 2.24) is 0 Å². The first-order valence-electron chi connectivity index (χ1n) is 8.77. The Labute approximate surface area is 168 Å². The van der Waals surface area contributed by atoms with E-state index in [1.165, 1.54) is 55.1 Å². The Morgan fingerprint density at radius 2 is 1.62 bits per heavy atom. The number of hydrogen-bond donors (Lipinski definition) is 0. The zero-order valence-corrected chi connectivity index (χ0v) is 17.5. The van der Waals surface area contributed by atoms with Crippen LogP contribution >= 0.6 is 22.9 Å². The van der Waals surface area contributed by atoms with Crippen molar-refractivity contribution in [2.24, 2.45) is 0 Å². The molecule has 4 rings (SSSR count). The summed E-state index contributed by atoms with van der Waals surface area (Å²) in [6.45, 7) is 10.5. The van der Waals surface area contributed by atoms with Crippen molar-refractivity contribution in [2.45, 2.75) is 20.8 Å². The van der Waals surface area contributed by atoms with E-state index in [4.69, 9.17) is 0 Å². The fraction of sp³-hybridized carbons (Fsp3) is 0.125. The van der Waals surface area contributed by atoms with Gasteiger partial charge in [0.15, 0.2) is 6.20 Å². The molecule has 0 atom stereocenters. The fourth-order valence-corrected chi connectivity index (χ4v) is 4.58. The second-order valence-corrected chi connectivity index (χ2v) is 8.01. The van der Waals surface area contributed by atoms with Crippen molar-refractivity contribution in [1.29, 1.82) is 0 Å². The minimum atomic E-state index is 1.21. The summed E-state index contributed by atoms with van der Waals surface area (Å²) < 4.78 is 2.20. The van der Waals surface area contributed by atoms with E-state index in [1.807, 2.05) is 6.08 Å². The predicted octanol–water partition coefficient (Wildman–Crippen LogP) is 6.71. The maximum Gasteiger partial charge on any atom is 0.354 e. The van der Waals surface area contributed by atoms with Crippen molar-refractivity contribution >= 4 is 50.5 Å². The second-order valence-electron chi connectivity index (χ2n) is 6.97. The predicted molar refractivity (Wildman–Crippen MR) is 121 cm³/mol. The third-order valence-electron chi connectivity index (χ3n) is 5.05. The van der Waals surface area contributed by atoms with Crippen LogP contribution in [0.4, 0.5) is 0 Å². The molecule has 0 bridgehead atoms. The van der Waals surface area contributed by atoms with E-state index in [1.54, 1.807) is 0 Å². The Kier molecular flexibility index (Phi) is 4.31. The number of aromatic nitrogens is 1. The molecule has 26 heavy (non-hydrogen) atoms. The first-order chi connectivity index (χ1) is 12.5. The quantitative estimate of drug-likeness (QED) is 0.236. The first-order valence-corrected chi connectivity index (χ1v) is 9.74. The summed E-state index contributed by atoms with van der Waals surface area (Å²) in [5, 5.41) is 5.15. The molecule has 0 N–H and O–H groups in total. The highest BCUT2D eigenvalue weighted by atomic mass is 127. The fourth-order valence-electron chi connectivity index (χ4n) is 3.89. The average molecular weight is 450 g/mol. The number of rotatable bonds is 2. The van der Waals surface area contributed by atoms with Gasteiger partial charge >= 0.3 is 22.9 Å². The average Bonchev–Trinajstić information content (AvgIpc) is 2.60. The minimum Gasteiger partial charge on any atom is -0.136 e. The number of pyridine rings is 1. The third kappa shape index (κ3) is 2.73. The van der Waals surface area contributed by atoms with Gasteiger partial charge in [0.25, 0.3) is 0 Å². The number of nitrogens with zero attached hydrogens (tertiary/aromatic N) is 1. The normalized spacial score (nSPS) is 11.2. The van der Waals surface area contributed by atoms with Crippen molar-refractivity contribution in [2.75, 3.05) is 0 Å². The molecule has 128 valence electrons. The number of halogens is 1. The zero-order valence-electron chi connectivity index (χ0n) is 15.3. The van der Waals surface area contributed by atoms with Gasteiger partial charge in [0.1, 0.15) is 0 Å². The summed E-state index contributed by atoms with van der Waals surface area (Å²) >= 11 is 2.38. The van der Waals surface area contributed by atoms with E-state index < -0.39 is 0 Å². The Morgan fingerprint density at radius 1 is 0.846 bits per heavy atom. The van der Waals surface area contributed by atoms with Crippen molar-refractivity contribution in [3.63, 3.8) is 0 Å². The molecule has 0 spiro atoms. The van der Waals surface area contributed by atoms with Crippen LogP contribution in [0.25, 0.3) is 38.9 Å². The third-order valence-corrected chi connectivity index (χ3v) is 5.85. The highest BCUT2D eigenvalue weighted by Crippen LogP contribution is 2.35. The van der Waals surface area contributed by atoms with Gasteiger partial charge < -0.3 is 0 Å². The Bertz CT molecular complexity index is 1190. The summed E-state index contributed by atoms with van der Waals surface area (Å²) in [6.07, 6.45) is 4.13.